The lowest BCUT2D eigenvalue weighted by Gasteiger charge is -2.20. The second-order valence-electron chi connectivity index (χ2n) is 4.41. The highest BCUT2D eigenvalue weighted by molar-refractivity contribution is 5.48. The van der Waals surface area contributed by atoms with Crippen LogP contribution in [0.3, 0.4) is 0 Å². The molecule has 1 aromatic carbocycles. The van der Waals surface area contributed by atoms with Crippen LogP contribution in [-0.4, -0.2) is 33.9 Å². The van der Waals surface area contributed by atoms with Crippen LogP contribution in [0, 0.1) is 5.82 Å². The Balaban J connectivity index is 2.67. The minimum absolute atomic E-state index is 0.190. The molecule has 0 saturated carbocycles. The van der Waals surface area contributed by atoms with E-state index in [1.165, 1.54) is 0 Å². The zero-order valence-electron chi connectivity index (χ0n) is 11.5. The number of hydrogen-bond donors (Lipinski definition) is 1. The third-order valence-electron chi connectivity index (χ3n) is 2.77. The number of hydrogen-bond acceptors (Lipinski definition) is 3. The molecule has 0 aliphatic rings. The first-order valence-electron chi connectivity index (χ1n) is 6.37. The maximum absolute atomic E-state index is 13.5. The van der Waals surface area contributed by atoms with E-state index in [0.29, 0.717) is 13.2 Å². The molecule has 0 spiro atoms. The summed E-state index contributed by atoms with van der Waals surface area (Å²) in [7, 11) is 3.61. The summed E-state index contributed by atoms with van der Waals surface area (Å²) in [6.07, 6.45) is 1.08. The van der Waals surface area contributed by atoms with E-state index >= 15 is 0 Å². The molecular weight excluding hydrogens is 231 g/mol. The van der Waals surface area contributed by atoms with Crippen molar-refractivity contribution < 1.29 is 9.13 Å². The van der Waals surface area contributed by atoms with Crippen LogP contribution in [0.1, 0.15) is 18.9 Å². The molecule has 0 aromatic heterocycles. The number of anilines is 1. The summed E-state index contributed by atoms with van der Waals surface area (Å²) >= 11 is 0. The number of likely N-dealkylation sites (N-methyl/N-ethyl adjacent to an activating group) is 1. The number of nitrogens with one attached hydrogen (secondary N) is 1. The van der Waals surface area contributed by atoms with Crippen LogP contribution >= 0.6 is 0 Å². The first-order valence-corrected chi connectivity index (χ1v) is 6.37. The number of halogens is 1. The molecule has 0 amide bonds. The molecule has 1 N–H and O–H groups in total. The molecule has 0 atom stereocenters. The standard InChI is InChI=1S/C14H23FN2O/c1-4-5-16-11-12-8-13(15)10-14(9-12)17(2)6-7-18-3/h8-10,16H,4-7,11H2,1-3H3. The van der Waals surface area contributed by atoms with Crippen LogP contribution in [-0.2, 0) is 11.3 Å². The van der Waals surface area contributed by atoms with E-state index < -0.39 is 0 Å². The third-order valence-corrected chi connectivity index (χ3v) is 2.77. The van der Waals surface area contributed by atoms with Gasteiger partial charge in [0, 0.05) is 32.9 Å². The number of nitrogens with zero attached hydrogens (tertiary/aromatic N) is 1. The summed E-state index contributed by atoms with van der Waals surface area (Å²) in [5, 5.41) is 3.28. The van der Waals surface area contributed by atoms with E-state index in [-0.39, 0.29) is 5.82 Å². The third kappa shape index (κ3) is 5.02. The average molecular weight is 254 g/mol. The fourth-order valence-electron chi connectivity index (χ4n) is 1.72. The molecular formula is C14H23FN2O. The molecule has 0 radical (unpaired) electrons. The van der Waals surface area contributed by atoms with Gasteiger partial charge < -0.3 is 15.0 Å². The summed E-state index contributed by atoms with van der Waals surface area (Å²) in [4.78, 5) is 2.00. The highest BCUT2D eigenvalue weighted by Crippen LogP contribution is 2.17. The number of ether oxygens (including phenoxy) is 1. The quantitative estimate of drug-likeness (QED) is 0.721. The Hall–Kier alpha value is -1.13. The Morgan fingerprint density at radius 1 is 1.33 bits per heavy atom. The number of methoxy groups -OCH3 is 1. The smallest absolute Gasteiger partial charge is 0.125 e. The van der Waals surface area contributed by atoms with Gasteiger partial charge in [0.05, 0.1) is 6.61 Å². The van der Waals surface area contributed by atoms with Gasteiger partial charge >= 0.3 is 0 Å². The monoisotopic (exact) mass is 254 g/mol. The van der Waals surface area contributed by atoms with Gasteiger partial charge in [0.2, 0.25) is 0 Å². The van der Waals surface area contributed by atoms with Crippen molar-refractivity contribution in [1.82, 2.24) is 5.32 Å². The van der Waals surface area contributed by atoms with Crippen molar-refractivity contribution in [2.75, 3.05) is 38.8 Å². The van der Waals surface area contributed by atoms with Crippen molar-refractivity contribution in [3.8, 4) is 0 Å². The Kier molecular flexibility index (Phi) is 6.68. The van der Waals surface area contributed by atoms with Crippen molar-refractivity contribution in [3.63, 3.8) is 0 Å². The van der Waals surface area contributed by atoms with Gasteiger partial charge in [0.1, 0.15) is 5.82 Å². The van der Waals surface area contributed by atoms with Crippen LogP contribution in [0.2, 0.25) is 0 Å². The average Bonchev–Trinajstić information content (AvgIpc) is 2.35. The number of benzene rings is 1. The topological polar surface area (TPSA) is 24.5 Å². The fourth-order valence-corrected chi connectivity index (χ4v) is 1.72. The number of rotatable bonds is 8. The highest BCUT2D eigenvalue weighted by Gasteiger charge is 2.05. The van der Waals surface area contributed by atoms with E-state index in [2.05, 4.69) is 12.2 Å². The molecule has 0 bridgehead atoms. The van der Waals surface area contributed by atoms with Crippen LogP contribution in [0.4, 0.5) is 10.1 Å². The van der Waals surface area contributed by atoms with Gasteiger partial charge in [-0.05, 0) is 36.7 Å². The van der Waals surface area contributed by atoms with E-state index in [1.807, 2.05) is 18.0 Å². The lowest BCUT2D eigenvalue weighted by Crippen LogP contribution is -2.22. The van der Waals surface area contributed by atoms with E-state index in [1.54, 1.807) is 19.2 Å². The van der Waals surface area contributed by atoms with E-state index in [0.717, 1.165) is 30.8 Å². The minimum atomic E-state index is -0.190. The molecule has 3 nitrogen and oxygen atoms in total. The van der Waals surface area contributed by atoms with Crippen LogP contribution in [0.25, 0.3) is 0 Å². The Morgan fingerprint density at radius 3 is 2.78 bits per heavy atom. The molecule has 4 heteroatoms. The Bertz CT molecular complexity index is 358. The molecule has 0 aliphatic carbocycles. The first kappa shape index (κ1) is 14.9. The van der Waals surface area contributed by atoms with Gasteiger partial charge in [-0.15, -0.1) is 0 Å². The highest BCUT2D eigenvalue weighted by atomic mass is 19.1. The minimum Gasteiger partial charge on any atom is -0.383 e. The Morgan fingerprint density at radius 2 is 2.11 bits per heavy atom. The molecule has 0 fully saturated rings. The molecule has 0 aliphatic heterocycles. The normalized spacial score (nSPS) is 10.7. The second-order valence-corrected chi connectivity index (χ2v) is 4.41. The van der Waals surface area contributed by atoms with Crippen molar-refractivity contribution in [2.24, 2.45) is 0 Å². The van der Waals surface area contributed by atoms with Gasteiger partial charge in [0.25, 0.3) is 0 Å². The van der Waals surface area contributed by atoms with E-state index in [4.69, 9.17) is 4.74 Å². The van der Waals surface area contributed by atoms with Crippen LogP contribution in [0.5, 0.6) is 0 Å². The maximum atomic E-state index is 13.5. The zero-order chi connectivity index (χ0) is 13.4. The Labute approximate surface area is 109 Å². The van der Waals surface area contributed by atoms with E-state index in [9.17, 15) is 4.39 Å². The molecule has 1 rings (SSSR count). The molecule has 0 heterocycles. The summed E-state index contributed by atoms with van der Waals surface area (Å²) < 4.78 is 18.6. The SMILES string of the molecule is CCCNCc1cc(F)cc(N(C)CCOC)c1. The molecule has 102 valence electrons. The van der Waals surface area contributed by atoms with Crippen molar-refractivity contribution in [3.05, 3.63) is 29.6 Å². The van der Waals surface area contributed by atoms with Gasteiger partial charge in [-0.1, -0.05) is 6.92 Å². The molecule has 18 heavy (non-hydrogen) atoms. The van der Waals surface area contributed by atoms with Gasteiger partial charge in [-0.2, -0.15) is 0 Å². The van der Waals surface area contributed by atoms with Gasteiger partial charge in [-0.3, -0.25) is 0 Å². The fraction of sp³-hybridized carbons (Fsp3) is 0.571. The summed E-state index contributed by atoms with van der Waals surface area (Å²) in [6.45, 7) is 5.16. The maximum Gasteiger partial charge on any atom is 0.125 e. The summed E-state index contributed by atoms with van der Waals surface area (Å²) in [5.74, 6) is -0.190. The van der Waals surface area contributed by atoms with Crippen molar-refractivity contribution >= 4 is 5.69 Å². The zero-order valence-corrected chi connectivity index (χ0v) is 11.5. The predicted molar refractivity (Wildman–Crippen MR) is 73.5 cm³/mol. The van der Waals surface area contributed by atoms with Crippen LogP contribution in [0.15, 0.2) is 18.2 Å². The predicted octanol–water partition coefficient (Wildman–Crippen LogP) is 2.41. The van der Waals surface area contributed by atoms with Crippen LogP contribution < -0.4 is 10.2 Å². The lowest BCUT2D eigenvalue weighted by molar-refractivity contribution is 0.206. The van der Waals surface area contributed by atoms with Gasteiger partial charge in [0.15, 0.2) is 0 Å². The first-order chi connectivity index (χ1) is 8.67. The second kappa shape index (κ2) is 8.06. The summed E-state index contributed by atoms with van der Waals surface area (Å²) in [5.41, 5.74) is 1.86. The summed E-state index contributed by atoms with van der Waals surface area (Å²) in [6, 6.07) is 5.15. The van der Waals surface area contributed by atoms with Crippen molar-refractivity contribution in [2.45, 2.75) is 19.9 Å². The largest absolute Gasteiger partial charge is 0.383 e. The molecule has 0 saturated heterocycles. The lowest BCUT2D eigenvalue weighted by atomic mass is 10.1. The molecule has 0 unspecified atom stereocenters. The van der Waals surface area contributed by atoms with Gasteiger partial charge in [-0.25, -0.2) is 4.39 Å². The molecule has 1 aromatic rings. The van der Waals surface area contributed by atoms with Crippen molar-refractivity contribution in [1.29, 1.82) is 0 Å².